The average Bonchev–Trinajstić information content (AvgIpc) is 2.62. The zero-order valence-electron chi connectivity index (χ0n) is 14.0. The molecule has 12 heteroatoms. The highest BCUT2D eigenvalue weighted by molar-refractivity contribution is 5.73. The number of hydrogen-bond donors (Lipinski definition) is 8. The summed E-state index contributed by atoms with van der Waals surface area (Å²) in [5, 5.41) is 69.5. The highest BCUT2D eigenvalue weighted by Gasteiger charge is 2.45. The van der Waals surface area contributed by atoms with Crippen LogP contribution in [0.25, 0.3) is 0 Å². The number of aliphatic hydroxyl groups is 7. The van der Waals surface area contributed by atoms with E-state index in [-0.39, 0.29) is 6.29 Å². The molecule has 1 saturated heterocycles. The van der Waals surface area contributed by atoms with E-state index in [1.807, 2.05) is 0 Å². The van der Waals surface area contributed by atoms with Crippen LogP contribution in [0.1, 0.15) is 6.92 Å². The van der Waals surface area contributed by atoms with E-state index < -0.39 is 74.2 Å². The van der Waals surface area contributed by atoms with Gasteiger partial charge in [-0.25, -0.2) is 0 Å². The predicted molar refractivity (Wildman–Crippen MR) is 81.4 cm³/mol. The molecule has 9 unspecified atom stereocenters. The van der Waals surface area contributed by atoms with Crippen molar-refractivity contribution in [3.05, 3.63) is 0 Å². The van der Waals surface area contributed by atoms with E-state index in [0.717, 1.165) is 6.92 Å². The first-order chi connectivity index (χ1) is 12.1. The van der Waals surface area contributed by atoms with Crippen LogP contribution < -0.4 is 5.32 Å². The third-order valence-electron chi connectivity index (χ3n) is 3.92. The Kier molecular flexibility index (Phi) is 8.95. The Labute approximate surface area is 148 Å². The Morgan fingerprint density at radius 3 is 2.31 bits per heavy atom. The van der Waals surface area contributed by atoms with Gasteiger partial charge in [0.15, 0.2) is 12.6 Å². The van der Waals surface area contributed by atoms with Gasteiger partial charge in [0, 0.05) is 6.92 Å². The van der Waals surface area contributed by atoms with Gasteiger partial charge in [0.1, 0.15) is 48.8 Å². The lowest BCUT2D eigenvalue weighted by Crippen LogP contribution is -2.65. The summed E-state index contributed by atoms with van der Waals surface area (Å²) in [5.74, 6) is -0.578. The number of hydrogen-bond acceptors (Lipinski definition) is 11. The highest BCUT2D eigenvalue weighted by Crippen LogP contribution is 2.22. The van der Waals surface area contributed by atoms with Crippen molar-refractivity contribution in [1.29, 1.82) is 0 Å². The van der Waals surface area contributed by atoms with Gasteiger partial charge in [-0.3, -0.25) is 4.79 Å². The lowest BCUT2D eigenvalue weighted by Gasteiger charge is -2.42. The van der Waals surface area contributed by atoms with Gasteiger partial charge in [-0.15, -0.1) is 0 Å². The molecule has 0 spiro atoms. The average molecular weight is 383 g/mol. The third-order valence-corrected chi connectivity index (χ3v) is 3.92. The molecule has 0 radical (unpaired) electrons. The van der Waals surface area contributed by atoms with E-state index >= 15 is 0 Å². The minimum Gasteiger partial charge on any atom is -0.394 e. The Balaban J connectivity index is 2.76. The first-order valence-corrected chi connectivity index (χ1v) is 7.82. The molecule has 1 heterocycles. The monoisotopic (exact) mass is 383 g/mol. The largest absolute Gasteiger partial charge is 0.394 e. The van der Waals surface area contributed by atoms with Crippen molar-refractivity contribution in [2.24, 2.45) is 0 Å². The third kappa shape index (κ3) is 5.64. The van der Waals surface area contributed by atoms with Crippen LogP contribution in [0, 0.1) is 0 Å². The van der Waals surface area contributed by atoms with Crippen molar-refractivity contribution in [2.75, 3.05) is 13.2 Å². The lowest BCUT2D eigenvalue weighted by atomic mass is 9.97. The summed E-state index contributed by atoms with van der Waals surface area (Å²) in [6.45, 7) is -0.212. The van der Waals surface area contributed by atoms with Crippen molar-refractivity contribution in [3.63, 3.8) is 0 Å². The molecule has 0 saturated carbocycles. The van der Waals surface area contributed by atoms with Crippen LogP contribution in [0.4, 0.5) is 0 Å². The number of carbonyl (C=O) groups excluding carboxylic acids is 2. The summed E-state index contributed by atoms with van der Waals surface area (Å²) in [6.07, 6.45) is -13.3. The maximum absolute atomic E-state index is 11.3. The fraction of sp³-hybridized carbons (Fsp3) is 0.857. The van der Waals surface area contributed by atoms with Gasteiger partial charge in [-0.1, -0.05) is 0 Å². The quantitative estimate of drug-likeness (QED) is 0.176. The van der Waals surface area contributed by atoms with E-state index in [2.05, 4.69) is 5.32 Å². The molecule has 0 bridgehead atoms. The maximum Gasteiger partial charge on any atom is 0.217 e. The van der Waals surface area contributed by atoms with Gasteiger partial charge in [0.25, 0.3) is 0 Å². The van der Waals surface area contributed by atoms with E-state index in [1.165, 1.54) is 0 Å². The van der Waals surface area contributed by atoms with Gasteiger partial charge >= 0.3 is 0 Å². The van der Waals surface area contributed by atoms with Gasteiger partial charge < -0.3 is 55.3 Å². The van der Waals surface area contributed by atoms with Crippen LogP contribution in [0.15, 0.2) is 0 Å². The molecule has 26 heavy (non-hydrogen) atoms. The van der Waals surface area contributed by atoms with Crippen LogP contribution >= 0.6 is 0 Å². The number of aliphatic hydroxyl groups excluding tert-OH is 7. The second-order valence-corrected chi connectivity index (χ2v) is 5.94. The van der Waals surface area contributed by atoms with Crippen LogP contribution in [-0.4, -0.2) is 116 Å². The fourth-order valence-corrected chi connectivity index (χ4v) is 2.42. The molecule has 0 aliphatic carbocycles. The Morgan fingerprint density at radius 1 is 1.19 bits per heavy atom. The van der Waals surface area contributed by atoms with E-state index in [0.29, 0.717) is 0 Å². The molecular formula is C14H25NO11. The lowest BCUT2D eigenvalue weighted by molar-refractivity contribution is -0.277. The molecule has 12 nitrogen and oxygen atoms in total. The van der Waals surface area contributed by atoms with Crippen molar-refractivity contribution >= 4 is 12.2 Å². The summed E-state index contributed by atoms with van der Waals surface area (Å²) in [5.41, 5.74) is 0. The molecule has 1 amide bonds. The second kappa shape index (κ2) is 10.2. The second-order valence-electron chi connectivity index (χ2n) is 5.94. The molecule has 1 aliphatic heterocycles. The predicted octanol–water partition coefficient (Wildman–Crippen LogP) is -5.41. The van der Waals surface area contributed by atoms with Gasteiger partial charge in [0.2, 0.25) is 5.91 Å². The molecule has 1 aliphatic rings. The van der Waals surface area contributed by atoms with E-state index in [9.17, 15) is 35.1 Å². The van der Waals surface area contributed by atoms with Crippen LogP contribution in [0.5, 0.6) is 0 Å². The van der Waals surface area contributed by atoms with Crippen LogP contribution in [-0.2, 0) is 19.1 Å². The molecule has 9 atom stereocenters. The number of nitrogens with one attached hydrogen (secondary N) is 1. The summed E-state index contributed by atoms with van der Waals surface area (Å²) in [6, 6.07) is -1.25. The SMILES string of the molecule is CC(=O)NC1C(OCC(O)C(O)C(O)C(O)C=O)OC(CO)C(O)C1O. The first kappa shape index (κ1) is 22.8. The number of carbonyl (C=O) groups is 2. The van der Waals surface area contributed by atoms with Crippen molar-refractivity contribution in [1.82, 2.24) is 5.32 Å². The van der Waals surface area contributed by atoms with Gasteiger partial charge in [-0.05, 0) is 0 Å². The first-order valence-electron chi connectivity index (χ1n) is 7.82. The zero-order chi connectivity index (χ0) is 20.0. The standard InChI is InChI=1S/C14H25NO11/c1-5(18)15-9-13(24)12(23)8(3-17)26-14(9)25-4-7(20)11(22)10(21)6(19)2-16/h2,6-14,17,19-24H,3-4H2,1H3,(H,15,18). The van der Waals surface area contributed by atoms with Gasteiger partial charge in [-0.2, -0.15) is 0 Å². The Hall–Kier alpha value is -1.22. The maximum atomic E-state index is 11.3. The topological polar surface area (TPSA) is 206 Å². The Bertz CT molecular complexity index is 464. The molecule has 0 aromatic rings. The van der Waals surface area contributed by atoms with Crippen molar-refractivity contribution in [2.45, 2.75) is 62.0 Å². The summed E-state index contributed by atoms with van der Waals surface area (Å²) < 4.78 is 10.4. The number of amides is 1. The molecule has 1 rings (SSSR count). The summed E-state index contributed by atoms with van der Waals surface area (Å²) >= 11 is 0. The van der Waals surface area contributed by atoms with Crippen molar-refractivity contribution in [3.8, 4) is 0 Å². The molecular weight excluding hydrogens is 358 g/mol. The number of ether oxygens (including phenoxy) is 2. The van der Waals surface area contributed by atoms with Gasteiger partial charge in [0.05, 0.1) is 13.2 Å². The smallest absolute Gasteiger partial charge is 0.217 e. The summed E-state index contributed by atoms with van der Waals surface area (Å²) in [7, 11) is 0. The zero-order valence-corrected chi connectivity index (χ0v) is 14.0. The molecule has 0 aromatic carbocycles. The Morgan fingerprint density at radius 2 is 1.81 bits per heavy atom. The molecule has 152 valence electrons. The van der Waals surface area contributed by atoms with E-state index in [4.69, 9.17) is 19.7 Å². The molecule has 0 aromatic heterocycles. The number of aldehydes is 1. The van der Waals surface area contributed by atoms with Crippen LogP contribution in [0.2, 0.25) is 0 Å². The normalized spacial score (nSPS) is 33.8. The minimum absolute atomic E-state index is 0.0257. The molecule has 8 N–H and O–H groups in total. The highest BCUT2D eigenvalue weighted by atomic mass is 16.7. The number of rotatable bonds is 9. The summed E-state index contributed by atoms with van der Waals surface area (Å²) in [4.78, 5) is 21.6. The van der Waals surface area contributed by atoms with E-state index in [1.54, 1.807) is 0 Å². The van der Waals surface area contributed by atoms with Crippen LogP contribution in [0.3, 0.4) is 0 Å². The fourth-order valence-electron chi connectivity index (χ4n) is 2.42. The minimum atomic E-state index is -1.97. The molecule has 1 fully saturated rings. The van der Waals surface area contributed by atoms with Crippen molar-refractivity contribution < 1.29 is 54.8 Å².